The first-order valence-corrected chi connectivity index (χ1v) is 9.36. The standard InChI is InChI=1S/C14H18BrFO3S/c1-20(18,19)10-5-2-4-9(8-10)14(17)13-11(15)6-3-7-12(13)16/h3,6-7,9-10,14,17H,2,4-5,8H2,1H3. The molecule has 112 valence electrons. The minimum absolute atomic E-state index is 0.225. The normalized spacial score (nSPS) is 25.4. The minimum Gasteiger partial charge on any atom is -0.388 e. The van der Waals surface area contributed by atoms with Gasteiger partial charge in [0, 0.05) is 16.3 Å². The molecule has 1 aromatic rings. The van der Waals surface area contributed by atoms with Gasteiger partial charge in [-0.1, -0.05) is 28.4 Å². The number of rotatable bonds is 3. The molecule has 1 aromatic carbocycles. The van der Waals surface area contributed by atoms with Crippen molar-refractivity contribution in [3.63, 3.8) is 0 Å². The fraction of sp³-hybridized carbons (Fsp3) is 0.571. The van der Waals surface area contributed by atoms with E-state index in [0.717, 1.165) is 6.42 Å². The number of hydrogen-bond acceptors (Lipinski definition) is 3. The van der Waals surface area contributed by atoms with Gasteiger partial charge in [0.2, 0.25) is 0 Å². The minimum atomic E-state index is -3.11. The van der Waals surface area contributed by atoms with Gasteiger partial charge in [0.15, 0.2) is 0 Å². The second-order valence-corrected chi connectivity index (χ2v) is 8.64. The molecule has 0 amide bonds. The summed E-state index contributed by atoms with van der Waals surface area (Å²) in [5.74, 6) is -0.690. The van der Waals surface area contributed by atoms with Gasteiger partial charge in [0.1, 0.15) is 15.7 Å². The Morgan fingerprint density at radius 3 is 2.70 bits per heavy atom. The average Bonchev–Trinajstić information content (AvgIpc) is 2.37. The molecule has 2 rings (SSSR count). The van der Waals surface area contributed by atoms with Crippen molar-refractivity contribution in [1.82, 2.24) is 0 Å². The first kappa shape index (κ1) is 15.9. The van der Waals surface area contributed by atoms with Gasteiger partial charge >= 0.3 is 0 Å². The molecule has 0 spiro atoms. The van der Waals surface area contributed by atoms with Crippen LogP contribution in [0, 0.1) is 11.7 Å². The third-order valence-electron chi connectivity index (χ3n) is 4.01. The van der Waals surface area contributed by atoms with E-state index in [0.29, 0.717) is 23.7 Å². The lowest BCUT2D eigenvalue weighted by atomic mass is 9.82. The van der Waals surface area contributed by atoms with E-state index < -0.39 is 27.0 Å². The van der Waals surface area contributed by atoms with Gasteiger partial charge < -0.3 is 5.11 Å². The van der Waals surface area contributed by atoms with E-state index in [1.54, 1.807) is 12.1 Å². The topological polar surface area (TPSA) is 54.4 Å². The molecule has 1 N–H and O–H groups in total. The van der Waals surface area contributed by atoms with E-state index in [-0.39, 0.29) is 11.5 Å². The Morgan fingerprint density at radius 2 is 2.10 bits per heavy atom. The maximum atomic E-state index is 13.9. The second kappa shape index (κ2) is 6.12. The zero-order valence-electron chi connectivity index (χ0n) is 11.2. The second-order valence-electron chi connectivity index (χ2n) is 5.46. The highest BCUT2D eigenvalue weighted by Gasteiger charge is 2.34. The number of aliphatic hydroxyl groups excluding tert-OH is 1. The lowest BCUT2D eigenvalue weighted by molar-refractivity contribution is 0.0818. The van der Waals surface area contributed by atoms with Crippen molar-refractivity contribution in [3.05, 3.63) is 34.1 Å². The molecule has 3 atom stereocenters. The van der Waals surface area contributed by atoms with Crippen molar-refractivity contribution in [2.24, 2.45) is 5.92 Å². The van der Waals surface area contributed by atoms with Gasteiger partial charge in [-0.05, 0) is 37.3 Å². The summed E-state index contributed by atoms with van der Waals surface area (Å²) in [6, 6.07) is 4.55. The predicted octanol–water partition coefficient (Wildman–Crippen LogP) is 3.23. The van der Waals surface area contributed by atoms with E-state index in [9.17, 15) is 17.9 Å². The van der Waals surface area contributed by atoms with Crippen LogP contribution in [0.5, 0.6) is 0 Å². The number of hydrogen-bond donors (Lipinski definition) is 1. The first-order valence-electron chi connectivity index (χ1n) is 6.61. The Bertz CT molecular complexity index is 568. The lowest BCUT2D eigenvalue weighted by Gasteiger charge is -2.31. The van der Waals surface area contributed by atoms with Gasteiger partial charge in [0.25, 0.3) is 0 Å². The number of halogens is 2. The van der Waals surface area contributed by atoms with Crippen LogP contribution in [0.3, 0.4) is 0 Å². The predicted molar refractivity (Wildman–Crippen MR) is 79.6 cm³/mol. The molecule has 0 aliphatic heterocycles. The summed E-state index contributed by atoms with van der Waals surface area (Å²) in [4.78, 5) is 0. The zero-order chi connectivity index (χ0) is 14.9. The van der Waals surface area contributed by atoms with Crippen molar-refractivity contribution in [1.29, 1.82) is 0 Å². The third kappa shape index (κ3) is 3.40. The molecular weight excluding hydrogens is 347 g/mol. The van der Waals surface area contributed by atoms with Crippen LogP contribution in [0.2, 0.25) is 0 Å². The molecule has 1 aliphatic carbocycles. The van der Waals surface area contributed by atoms with Crippen molar-refractivity contribution in [2.45, 2.75) is 37.0 Å². The van der Waals surface area contributed by atoms with Crippen LogP contribution < -0.4 is 0 Å². The maximum Gasteiger partial charge on any atom is 0.150 e. The van der Waals surface area contributed by atoms with Crippen LogP contribution in [0.25, 0.3) is 0 Å². The van der Waals surface area contributed by atoms with Crippen molar-refractivity contribution >= 4 is 25.8 Å². The summed E-state index contributed by atoms with van der Waals surface area (Å²) in [6.45, 7) is 0. The Labute approximate surface area is 127 Å². The lowest BCUT2D eigenvalue weighted by Crippen LogP contribution is -2.30. The highest BCUT2D eigenvalue weighted by atomic mass is 79.9. The summed E-state index contributed by atoms with van der Waals surface area (Å²) in [5.41, 5.74) is 0.228. The van der Waals surface area contributed by atoms with Gasteiger partial charge in [-0.15, -0.1) is 0 Å². The van der Waals surface area contributed by atoms with Crippen molar-refractivity contribution in [2.75, 3.05) is 6.26 Å². The third-order valence-corrected chi connectivity index (χ3v) is 6.34. The van der Waals surface area contributed by atoms with Crippen LogP contribution in [0.1, 0.15) is 37.4 Å². The summed E-state index contributed by atoms with van der Waals surface area (Å²) in [6.07, 6.45) is 2.72. The molecule has 3 nitrogen and oxygen atoms in total. The van der Waals surface area contributed by atoms with Crippen LogP contribution in [0.4, 0.5) is 4.39 Å². The van der Waals surface area contributed by atoms with Gasteiger partial charge in [-0.25, -0.2) is 12.8 Å². The molecule has 1 saturated carbocycles. The molecule has 3 unspecified atom stereocenters. The molecule has 1 aliphatic rings. The number of benzene rings is 1. The molecule has 6 heteroatoms. The fourth-order valence-electron chi connectivity index (χ4n) is 2.89. The van der Waals surface area contributed by atoms with E-state index >= 15 is 0 Å². The molecule has 0 radical (unpaired) electrons. The van der Waals surface area contributed by atoms with Crippen LogP contribution in [0.15, 0.2) is 22.7 Å². The van der Waals surface area contributed by atoms with E-state index in [1.165, 1.54) is 12.3 Å². The highest BCUT2D eigenvalue weighted by molar-refractivity contribution is 9.10. The summed E-state index contributed by atoms with van der Waals surface area (Å²) in [7, 11) is -3.11. The SMILES string of the molecule is CS(=O)(=O)C1CCCC(C(O)c2c(F)cccc2Br)C1. The Hall–Kier alpha value is -0.460. The van der Waals surface area contributed by atoms with E-state index in [4.69, 9.17) is 0 Å². The number of aliphatic hydroxyl groups is 1. The van der Waals surface area contributed by atoms with Crippen LogP contribution in [-0.2, 0) is 9.84 Å². The largest absolute Gasteiger partial charge is 0.388 e. The molecule has 0 bridgehead atoms. The molecule has 0 aromatic heterocycles. The van der Waals surface area contributed by atoms with Crippen LogP contribution in [-0.4, -0.2) is 25.0 Å². The Morgan fingerprint density at radius 1 is 1.40 bits per heavy atom. The molecule has 1 fully saturated rings. The van der Waals surface area contributed by atoms with Gasteiger partial charge in [0.05, 0.1) is 11.4 Å². The average molecular weight is 365 g/mol. The quantitative estimate of drug-likeness (QED) is 0.895. The highest BCUT2D eigenvalue weighted by Crippen LogP contribution is 2.39. The smallest absolute Gasteiger partial charge is 0.150 e. The van der Waals surface area contributed by atoms with E-state index in [2.05, 4.69) is 15.9 Å². The molecule has 20 heavy (non-hydrogen) atoms. The van der Waals surface area contributed by atoms with Crippen molar-refractivity contribution < 1.29 is 17.9 Å². The summed E-state index contributed by atoms with van der Waals surface area (Å²) in [5, 5.41) is 10.00. The first-order chi connectivity index (χ1) is 9.30. The van der Waals surface area contributed by atoms with Gasteiger partial charge in [-0.2, -0.15) is 0 Å². The summed E-state index contributed by atoms with van der Waals surface area (Å²) >= 11 is 3.25. The Kier molecular flexibility index (Phi) is 4.87. The molecule has 0 saturated heterocycles. The Balaban J connectivity index is 2.23. The maximum absolute atomic E-state index is 13.9. The monoisotopic (exact) mass is 364 g/mol. The van der Waals surface area contributed by atoms with Gasteiger partial charge in [-0.3, -0.25) is 0 Å². The molecule has 0 heterocycles. The van der Waals surface area contributed by atoms with Crippen molar-refractivity contribution in [3.8, 4) is 0 Å². The van der Waals surface area contributed by atoms with Crippen LogP contribution >= 0.6 is 15.9 Å². The van der Waals surface area contributed by atoms with E-state index in [1.807, 2.05) is 0 Å². The summed E-state index contributed by atoms with van der Waals surface area (Å²) < 4.78 is 37.7. The fourth-order valence-corrected chi connectivity index (χ4v) is 4.65. The number of sulfone groups is 1. The molecular formula is C14H18BrFO3S. The zero-order valence-corrected chi connectivity index (χ0v) is 13.6.